The summed E-state index contributed by atoms with van der Waals surface area (Å²) in [5.41, 5.74) is 0. The molecule has 1 aromatic rings. The molecule has 1 unspecified atom stereocenters. The van der Waals surface area contributed by atoms with Crippen molar-refractivity contribution in [2.24, 2.45) is 0 Å². The van der Waals surface area contributed by atoms with Crippen LogP contribution in [0.4, 0.5) is 0 Å². The first-order valence-electron chi connectivity index (χ1n) is 5.11. The molecule has 0 saturated carbocycles. The summed E-state index contributed by atoms with van der Waals surface area (Å²) in [7, 11) is -3.45. The Labute approximate surface area is 99.2 Å². The number of sulfonamides is 1. The maximum Gasteiger partial charge on any atom is 0.253 e. The number of nitriles is 1. The fraction of sp³-hybridized carbons (Fsp3) is 0.500. The maximum atomic E-state index is 12.2. The second-order valence-corrected chi connectivity index (χ2v) is 6.75. The van der Waals surface area contributed by atoms with E-state index in [4.69, 9.17) is 5.26 Å². The second-order valence-electron chi connectivity index (χ2n) is 3.69. The minimum absolute atomic E-state index is 0.328. The van der Waals surface area contributed by atoms with Gasteiger partial charge in [-0.2, -0.15) is 9.57 Å². The molecule has 0 amide bonds. The van der Waals surface area contributed by atoms with Crippen LogP contribution in [0.25, 0.3) is 0 Å². The van der Waals surface area contributed by atoms with Crippen LogP contribution in [0.1, 0.15) is 19.3 Å². The number of nitrogens with zero attached hydrogens (tertiary/aromatic N) is 2. The Balaban J connectivity index is 2.33. The van der Waals surface area contributed by atoms with Crippen molar-refractivity contribution in [1.82, 2.24) is 4.31 Å². The van der Waals surface area contributed by atoms with Gasteiger partial charge < -0.3 is 0 Å². The van der Waals surface area contributed by atoms with E-state index in [2.05, 4.69) is 6.07 Å². The van der Waals surface area contributed by atoms with E-state index in [1.165, 1.54) is 15.6 Å². The maximum absolute atomic E-state index is 12.2. The Bertz CT molecular complexity index is 487. The van der Waals surface area contributed by atoms with Crippen molar-refractivity contribution in [2.75, 3.05) is 6.54 Å². The molecule has 4 nitrogen and oxygen atoms in total. The highest BCUT2D eigenvalue weighted by atomic mass is 32.2. The standard InChI is InChI=1S/C10H12N2O2S2/c11-8-9-4-1-2-6-12(9)16(13,14)10-5-3-7-15-10/h3,5,7,9H,1-2,4,6H2. The third kappa shape index (κ3) is 1.98. The van der Waals surface area contributed by atoms with Gasteiger partial charge in [-0.05, 0) is 30.7 Å². The molecule has 6 heteroatoms. The topological polar surface area (TPSA) is 61.2 Å². The third-order valence-electron chi connectivity index (χ3n) is 2.66. The SMILES string of the molecule is N#CC1CCCCN1S(=O)(=O)c1cccs1. The predicted octanol–water partition coefficient (Wildman–Crippen LogP) is 1.81. The molecule has 86 valence electrons. The van der Waals surface area contributed by atoms with Crippen LogP contribution in [0.5, 0.6) is 0 Å². The Morgan fingerprint density at radius 2 is 2.31 bits per heavy atom. The van der Waals surface area contributed by atoms with Crippen molar-refractivity contribution < 1.29 is 8.42 Å². The minimum atomic E-state index is -3.45. The monoisotopic (exact) mass is 256 g/mol. The fourth-order valence-electron chi connectivity index (χ4n) is 1.85. The molecule has 2 heterocycles. The van der Waals surface area contributed by atoms with E-state index in [1.807, 2.05) is 0 Å². The summed E-state index contributed by atoms with van der Waals surface area (Å²) in [6.45, 7) is 0.457. The highest BCUT2D eigenvalue weighted by Crippen LogP contribution is 2.27. The second kappa shape index (κ2) is 4.53. The van der Waals surface area contributed by atoms with Crippen molar-refractivity contribution in [3.8, 4) is 6.07 Å². The third-order valence-corrected chi connectivity index (χ3v) is 5.94. The normalized spacial score (nSPS) is 22.8. The Morgan fingerprint density at radius 1 is 1.50 bits per heavy atom. The number of thiophene rings is 1. The largest absolute Gasteiger partial charge is 0.253 e. The van der Waals surface area contributed by atoms with Crippen LogP contribution in [0.15, 0.2) is 21.7 Å². The van der Waals surface area contributed by atoms with Crippen LogP contribution in [0.3, 0.4) is 0 Å². The van der Waals surface area contributed by atoms with Gasteiger partial charge in [-0.25, -0.2) is 8.42 Å². The first-order valence-corrected chi connectivity index (χ1v) is 7.43. The van der Waals surface area contributed by atoms with Gasteiger partial charge in [0.2, 0.25) is 0 Å². The van der Waals surface area contributed by atoms with E-state index in [-0.39, 0.29) is 0 Å². The minimum Gasteiger partial charge on any atom is -0.206 e. The van der Waals surface area contributed by atoms with E-state index >= 15 is 0 Å². The lowest BCUT2D eigenvalue weighted by atomic mass is 10.1. The summed E-state index contributed by atoms with van der Waals surface area (Å²) < 4.78 is 26.1. The van der Waals surface area contributed by atoms with Crippen molar-refractivity contribution in [2.45, 2.75) is 29.5 Å². The molecule has 16 heavy (non-hydrogen) atoms. The van der Waals surface area contributed by atoms with E-state index in [9.17, 15) is 8.42 Å². The molecular formula is C10H12N2O2S2. The van der Waals surface area contributed by atoms with Crippen molar-refractivity contribution in [1.29, 1.82) is 5.26 Å². The lowest BCUT2D eigenvalue weighted by molar-refractivity contribution is 0.297. The molecule has 1 aliphatic rings. The van der Waals surface area contributed by atoms with Gasteiger partial charge in [0.25, 0.3) is 10.0 Å². The predicted molar refractivity (Wildman–Crippen MR) is 61.5 cm³/mol. The number of piperidine rings is 1. The number of rotatable bonds is 2. The van der Waals surface area contributed by atoms with Gasteiger partial charge in [-0.1, -0.05) is 6.07 Å². The molecule has 0 aromatic carbocycles. The Morgan fingerprint density at radius 3 is 2.94 bits per heavy atom. The smallest absolute Gasteiger partial charge is 0.206 e. The molecule has 1 fully saturated rings. The number of hydrogen-bond acceptors (Lipinski definition) is 4. The molecule has 1 atom stereocenters. The van der Waals surface area contributed by atoms with E-state index < -0.39 is 16.1 Å². The van der Waals surface area contributed by atoms with Gasteiger partial charge in [0.15, 0.2) is 0 Å². The zero-order chi connectivity index (χ0) is 11.6. The average molecular weight is 256 g/mol. The van der Waals surface area contributed by atoms with Crippen LogP contribution < -0.4 is 0 Å². The molecular weight excluding hydrogens is 244 g/mol. The van der Waals surface area contributed by atoms with Crippen LogP contribution in [0.2, 0.25) is 0 Å². The molecule has 0 N–H and O–H groups in total. The Hall–Kier alpha value is -0.900. The van der Waals surface area contributed by atoms with Crippen molar-refractivity contribution in [3.63, 3.8) is 0 Å². The molecule has 1 saturated heterocycles. The van der Waals surface area contributed by atoms with Crippen LogP contribution in [-0.2, 0) is 10.0 Å². The van der Waals surface area contributed by atoms with Crippen LogP contribution in [0, 0.1) is 11.3 Å². The first-order chi connectivity index (χ1) is 7.66. The summed E-state index contributed by atoms with van der Waals surface area (Å²) in [6, 6.07) is 4.87. The van der Waals surface area contributed by atoms with Gasteiger partial charge in [0.05, 0.1) is 6.07 Å². The fourth-order valence-corrected chi connectivity index (χ4v) is 4.57. The van der Waals surface area contributed by atoms with E-state index in [0.29, 0.717) is 17.2 Å². The van der Waals surface area contributed by atoms with E-state index in [1.54, 1.807) is 17.5 Å². The summed E-state index contributed by atoms with van der Waals surface area (Å²) >= 11 is 1.20. The first kappa shape index (κ1) is 11.6. The highest BCUT2D eigenvalue weighted by molar-refractivity contribution is 7.91. The van der Waals surface area contributed by atoms with Gasteiger partial charge in [-0.3, -0.25) is 0 Å². The van der Waals surface area contributed by atoms with Gasteiger partial charge in [-0.15, -0.1) is 11.3 Å². The summed E-state index contributed by atoms with van der Waals surface area (Å²) in [5.74, 6) is 0. The lowest BCUT2D eigenvalue weighted by Gasteiger charge is -2.29. The Kier molecular flexibility index (Phi) is 3.28. The zero-order valence-corrected chi connectivity index (χ0v) is 10.3. The van der Waals surface area contributed by atoms with Crippen molar-refractivity contribution >= 4 is 21.4 Å². The molecule has 1 aromatic heterocycles. The lowest BCUT2D eigenvalue weighted by Crippen LogP contribution is -2.42. The highest BCUT2D eigenvalue weighted by Gasteiger charge is 2.33. The average Bonchev–Trinajstić information content (AvgIpc) is 2.83. The molecule has 0 aliphatic carbocycles. The van der Waals surface area contributed by atoms with Crippen LogP contribution in [-0.4, -0.2) is 25.3 Å². The van der Waals surface area contributed by atoms with Gasteiger partial charge in [0, 0.05) is 6.54 Å². The number of hydrogen-bond donors (Lipinski definition) is 0. The van der Waals surface area contributed by atoms with Gasteiger partial charge >= 0.3 is 0 Å². The summed E-state index contributed by atoms with van der Waals surface area (Å²) in [6.07, 6.45) is 2.40. The van der Waals surface area contributed by atoms with Crippen molar-refractivity contribution in [3.05, 3.63) is 17.5 Å². The van der Waals surface area contributed by atoms with Gasteiger partial charge in [0.1, 0.15) is 10.3 Å². The van der Waals surface area contributed by atoms with E-state index in [0.717, 1.165) is 12.8 Å². The summed E-state index contributed by atoms with van der Waals surface area (Å²) in [4.78, 5) is 0. The molecule has 0 bridgehead atoms. The molecule has 2 rings (SSSR count). The molecule has 1 aliphatic heterocycles. The molecule has 0 spiro atoms. The quantitative estimate of drug-likeness (QED) is 0.810. The summed E-state index contributed by atoms with van der Waals surface area (Å²) in [5, 5.41) is 10.7. The van der Waals surface area contributed by atoms with Crippen LogP contribution >= 0.6 is 11.3 Å². The molecule has 0 radical (unpaired) electrons. The zero-order valence-electron chi connectivity index (χ0n) is 8.67.